The molecular formula is C30H36F3N3O2. The summed E-state index contributed by atoms with van der Waals surface area (Å²) in [6.07, 6.45) is 3.93. The number of fused-ring (bicyclic) bond motifs is 1. The summed E-state index contributed by atoms with van der Waals surface area (Å²) in [6.45, 7) is 3.84. The second-order valence-electron chi connectivity index (χ2n) is 10.3. The third-order valence-corrected chi connectivity index (χ3v) is 7.47. The maximum Gasteiger partial charge on any atom is 0.390 e. The molecule has 8 heteroatoms. The molecule has 1 saturated heterocycles. The standard InChI is InChI=1S/C30H36F3N3O2/c1-20(37)21-11-12-28(29(18-21)38-3)34-14-5-7-22-17-25-24(26(22)19-30(31,32)33)9-4-10-27(25)35-23-8-6-15-36(2)16-13-23/h4,9-10,12,17-18,21,23,26,34-35H,6,8,11,13-16,19H2,1-3H3. The number of ether oxygens (including phenoxy) is 1. The molecule has 1 aromatic carbocycles. The van der Waals surface area contributed by atoms with E-state index in [1.807, 2.05) is 24.3 Å². The highest BCUT2D eigenvalue weighted by molar-refractivity contribution is 5.81. The third-order valence-electron chi connectivity index (χ3n) is 7.47. The number of anilines is 1. The number of hydrogen-bond acceptors (Lipinski definition) is 5. The molecule has 0 aromatic heterocycles. The number of halogens is 3. The van der Waals surface area contributed by atoms with Gasteiger partial charge in [-0.25, -0.2) is 0 Å². The minimum absolute atomic E-state index is 0.0679. The number of Topliss-reactive ketones (excluding diaryl/α,β-unsaturated/α-hetero) is 1. The summed E-state index contributed by atoms with van der Waals surface area (Å²) in [7, 11) is 3.66. The number of methoxy groups -OCH3 is 1. The maximum absolute atomic E-state index is 13.6. The number of hydrogen-bond donors (Lipinski definition) is 2. The Labute approximate surface area is 223 Å². The van der Waals surface area contributed by atoms with Crippen LogP contribution in [0.25, 0.3) is 6.08 Å². The van der Waals surface area contributed by atoms with Crippen molar-refractivity contribution in [1.82, 2.24) is 10.2 Å². The number of alkyl halides is 3. The fourth-order valence-electron chi connectivity index (χ4n) is 5.37. The van der Waals surface area contributed by atoms with Crippen LogP contribution in [-0.4, -0.2) is 56.7 Å². The first kappa shape index (κ1) is 27.8. The molecule has 38 heavy (non-hydrogen) atoms. The van der Waals surface area contributed by atoms with Crippen molar-refractivity contribution in [3.05, 3.63) is 58.5 Å². The minimum Gasteiger partial charge on any atom is -0.495 e. The molecule has 3 atom stereocenters. The molecule has 1 aliphatic heterocycles. The number of nitrogens with one attached hydrogen (secondary N) is 2. The molecule has 0 spiro atoms. The predicted octanol–water partition coefficient (Wildman–Crippen LogP) is 5.63. The Morgan fingerprint density at radius 3 is 2.79 bits per heavy atom. The first-order chi connectivity index (χ1) is 18.1. The van der Waals surface area contributed by atoms with Crippen molar-refractivity contribution < 1.29 is 22.7 Å². The van der Waals surface area contributed by atoms with Crippen molar-refractivity contribution in [3.63, 3.8) is 0 Å². The number of likely N-dealkylation sites (tertiary alicyclic amines) is 1. The quantitative estimate of drug-likeness (QED) is 0.450. The SMILES string of the molecule is COC1=CC(C(C)=O)CC=C1NCC#CC1=Cc2c(NC3CCCN(C)CC3)cccc2C1CC(F)(F)F. The lowest BCUT2D eigenvalue weighted by Crippen LogP contribution is -2.23. The zero-order valence-corrected chi connectivity index (χ0v) is 22.3. The summed E-state index contributed by atoms with van der Waals surface area (Å²) < 4.78 is 46.1. The van der Waals surface area contributed by atoms with E-state index in [0.717, 1.165) is 49.3 Å². The van der Waals surface area contributed by atoms with E-state index in [2.05, 4.69) is 34.4 Å². The average Bonchev–Trinajstić information content (AvgIpc) is 3.07. The van der Waals surface area contributed by atoms with Crippen LogP contribution in [0, 0.1) is 17.8 Å². The first-order valence-electron chi connectivity index (χ1n) is 13.2. The van der Waals surface area contributed by atoms with Crippen molar-refractivity contribution >= 4 is 17.5 Å². The average molecular weight is 528 g/mol. The summed E-state index contributed by atoms with van der Waals surface area (Å²) in [5.41, 5.74) is 3.57. The van der Waals surface area contributed by atoms with Crippen molar-refractivity contribution in [2.75, 3.05) is 39.1 Å². The zero-order chi connectivity index (χ0) is 27.3. The Balaban J connectivity index is 1.51. The van der Waals surface area contributed by atoms with Crippen LogP contribution in [0.3, 0.4) is 0 Å². The van der Waals surface area contributed by atoms with Gasteiger partial charge >= 0.3 is 6.18 Å². The van der Waals surface area contributed by atoms with E-state index in [-0.39, 0.29) is 24.3 Å². The number of carbonyl (C=O) groups is 1. The van der Waals surface area contributed by atoms with Crippen molar-refractivity contribution in [2.45, 2.75) is 57.2 Å². The molecule has 0 saturated carbocycles. The van der Waals surface area contributed by atoms with Gasteiger partial charge in [-0.2, -0.15) is 13.2 Å². The van der Waals surface area contributed by atoms with Gasteiger partial charge in [-0.3, -0.25) is 4.79 Å². The smallest absolute Gasteiger partial charge is 0.390 e. The van der Waals surface area contributed by atoms with Gasteiger partial charge < -0.3 is 20.3 Å². The van der Waals surface area contributed by atoms with Gasteiger partial charge in [0.25, 0.3) is 0 Å². The Hall–Kier alpha value is -3.18. The second-order valence-corrected chi connectivity index (χ2v) is 10.3. The second kappa shape index (κ2) is 12.1. The van der Waals surface area contributed by atoms with E-state index in [4.69, 9.17) is 4.74 Å². The summed E-state index contributed by atoms with van der Waals surface area (Å²) in [6, 6.07) is 5.86. The molecule has 1 fully saturated rings. The van der Waals surface area contributed by atoms with E-state index in [9.17, 15) is 18.0 Å². The lowest BCUT2D eigenvalue weighted by molar-refractivity contribution is -0.136. The number of benzene rings is 1. The highest BCUT2D eigenvalue weighted by atomic mass is 19.4. The van der Waals surface area contributed by atoms with Crippen LogP contribution in [-0.2, 0) is 9.53 Å². The van der Waals surface area contributed by atoms with Crippen LogP contribution < -0.4 is 10.6 Å². The molecule has 1 aromatic rings. The van der Waals surface area contributed by atoms with Gasteiger partial charge in [0.15, 0.2) is 0 Å². The Kier molecular flexibility index (Phi) is 8.88. The normalized spacial score (nSPS) is 23.6. The molecule has 2 aliphatic carbocycles. The molecule has 0 radical (unpaired) electrons. The van der Waals surface area contributed by atoms with Crippen LogP contribution in [0.2, 0.25) is 0 Å². The molecule has 5 nitrogen and oxygen atoms in total. The topological polar surface area (TPSA) is 53.6 Å². The number of ketones is 1. The fraction of sp³-hybridized carbons (Fsp3) is 0.500. The van der Waals surface area contributed by atoms with Gasteiger partial charge in [0.1, 0.15) is 11.5 Å². The van der Waals surface area contributed by atoms with Gasteiger partial charge in [0.2, 0.25) is 0 Å². The zero-order valence-electron chi connectivity index (χ0n) is 22.3. The van der Waals surface area contributed by atoms with E-state index in [1.165, 1.54) is 7.11 Å². The van der Waals surface area contributed by atoms with E-state index in [1.54, 1.807) is 19.1 Å². The molecule has 4 rings (SSSR count). The monoisotopic (exact) mass is 527 g/mol. The highest BCUT2D eigenvalue weighted by Crippen LogP contribution is 2.45. The molecule has 3 unspecified atom stereocenters. The van der Waals surface area contributed by atoms with Crippen molar-refractivity contribution in [1.29, 1.82) is 0 Å². The number of carbonyl (C=O) groups excluding carboxylic acids is 1. The van der Waals surface area contributed by atoms with E-state index in [0.29, 0.717) is 23.3 Å². The number of nitrogens with zero attached hydrogens (tertiary/aromatic N) is 1. The maximum atomic E-state index is 13.6. The summed E-state index contributed by atoms with van der Waals surface area (Å²) in [5.74, 6) is 5.63. The van der Waals surface area contributed by atoms with Gasteiger partial charge in [-0.1, -0.05) is 30.0 Å². The van der Waals surface area contributed by atoms with Gasteiger partial charge in [0.05, 0.1) is 25.8 Å². The summed E-state index contributed by atoms with van der Waals surface area (Å²) >= 11 is 0. The summed E-state index contributed by atoms with van der Waals surface area (Å²) in [5, 5.41) is 6.80. The van der Waals surface area contributed by atoms with E-state index < -0.39 is 18.5 Å². The van der Waals surface area contributed by atoms with Gasteiger partial charge in [-0.05, 0) is 76.5 Å². The molecule has 3 aliphatic rings. The Bertz CT molecular complexity index is 1190. The molecule has 0 bridgehead atoms. The third kappa shape index (κ3) is 7.02. The van der Waals surface area contributed by atoms with Crippen LogP contribution in [0.4, 0.5) is 18.9 Å². The van der Waals surface area contributed by atoms with Crippen LogP contribution in [0.1, 0.15) is 56.1 Å². The predicted molar refractivity (Wildman–Crippen MR) is 144 cm³/mol. The lowest BCUT2D eigenvalue weighted by Gasteiger charge is -2.21. The Morgan fingerprint density at radius 2 is 2.05 bits per heavy atom. The van der Waals surface area contributed by atoms with Crippen LogP contribution in [0.15, 0.2) is 47.4 Å². The molecule has 0 amide bonds. The molecule has 204 valence electrons. The van der Waals surface area contributed by atoms with E-state index >= 15 is 0 Å². The molecule has 2 N–H and O–H groups in total. The van der Waals surface area contributed by atoms with Gasteiger partial charge in [-0.15, -0.1) is 0 Å². The fourth-order valence-corrected chi connectivity index (χ4v) is 5.37. The Morgan fingerprint density at radius 1 is 1.24 bits per heavy atom. The first-order valence-corrected chi connectivity index (χ1v) is 13.2. The minimum atomic E-state index is -4.31. The number of rotatable bonds is 7. The summed E-state index contributed by atoms with van der Waals surface area (Å²) in [4.78, 5) is 14.0. The lowest BCUT2D eigenvalue weighted by atomic mass is 9.92. The van der Waals surface area contributed by atoms with Crippen molar-refractivity contribution in [3.8, 4) is 11.8 Å². The molecular weight excluding hydrogens is 491 g/mol. The molecule has 1 heterocycles. The van der Waals surface area contributed by atoms with Crippen molar-refractivity contribution in [2.24, 2.45) is 5.92 Å². The van der Waals surface area contributed by atoms with Crippen LogP contribution in [0.5, 0.6) is 0 Å². The largest absolute Gasteiger partial charge is 0.495 e. The van der Waals surface area contributed by atoms with Crippen LogP contribution >= 0.6 is 0 Å². The highest BCUT2D eigenvalue weighted by Gasteiger charge is 2.37. The number of allylic oxidation sites excluding steroid dienone is 3. The van der Waals surface area contributed by atoms with Gasteiger partial charge in [0, 0.05) is 34.7 Å².